The van der Waals surface area contributed by atoms with Gasteiger partial charge in [0.1, 0.15) is 17.0 Å². The number of para-hydroxylation sites is 1. The summed E-state index contributed by atoms with van der Waals surface area (Å²) < 4.78 is 11.4. The molecule has 1 saturated heterocycles. The molecule has 0 saturated carbocycles. The molecule has 0 aliphatic carbocycles. The Morgan fingerprint density at radius 1 is 1.21 bits per heavy atom. The maximum atomic E-state index is 13.0. The molecule has 0 atom stereocenters. The van der Waals surface area contributed by atoms with Crippen LogP contribution in [0, 0.1) is 0 Å². The van der Waals surface area contributed by atoms with E-state index in [1.54, 1.807) is 11.1 Å². The summed E-state index contributed by atoms with van der Waals surface area (Å²) in [6.07, 6.45) is 2.49. The van der Waals surface area contributed by atoms with Crippen LogP contribution in [0.4, 0.5) is 5.69 Å². The number of pyridine rings is 1. The highest BCUT2D eigenvalue weighted by atomic mass is 16.5. The minimum Gasteiger partial charge on any atom is -0.461 e. The predicted molar refractivity (Wildman–Crippen MR) is 109 cm³/mol. The Kier molecular flexibility index (Phi) is 5.30. The molecule has 4 rings (SSSR count). The Labute approximate surface area is 164 Å². The summed E-state index contributed by atoms with van der Waals surface area (Å²) in [6.45, 7) is 5.62. The third-order valence-electron chi connectivity index (χ3n) is 5.18. The van der Waals surface area contributed by atoms with E-state index >= 15 is 0 Å². The van der Waals surface area contributed by atoms with E-state index in [-0.39, 0.29) is 5.91 Å². The lowest BCUT2D eigenvalue weighted by molar-refractivity contribution is 0.0779. The molecular formula is C22H25N3O3. The van der Waals surface area contributed by atoms with Crippen molar-refractivity contribution >= 4 is 22.6 Å². The van der Waals surface area contributed by atoms with Gasteiger partial charge in [-0.15, -0.1) is 0 Å². The van der Waals surface area contributed by atoms with E-state index in [2.05, 4.69) is 16.8 Å². The lowest BCUT2D eigenvalue weighted by Crippen LogP contribution is -2.36. The molecule has 0 radical (unpaired) electrons. The van der Waals surface area contributed by atoms with E-state index in [1.807, 2.05) is 43.4 Å². The van der Waals surface area contributed by atoms with Crippen molar-refractivity contribution in [3.8, 4) is 0 Å². The van der Waals surface area contributed by atoms with Gasteiger partial charge in [0.05, 0.1) is 13.2 Å². The maximum Gasteiger partial charge on any atom is 0.272 e. The van der Waals surface area contributed by atoms with Crippen LogP contribution in [0.1, 0.15) is 28.7 Å². The fourth-order valence-corrected chi connectivity index (χ4v) is 3.67. The summed E-state index contributed by atoms with van der Waals surface area (Å²) in [5, 5.41) is 1.06. The monoisotopic (exact) mass is 379 g/mol. The van der Waals surface area contributed by atoms with Gasteiger partial charge in [0.2, 0.25) is 0 Å². The van der Waals surface area contributed by atoms with Crippen LogP contribution >= 0.6 is 0 Å². The largest absolute Gasteiger partial charge is 0.461 e. The number of nitrogens with zero attached hydrogens (tertiary/aromatic N) is 3. The smallest absolute Gasteiger partial charge is 0.272 e. The van der Waals surface area contributed by atoms with Gasteiger partial charge in [-0.25, -0.2) is 0 Å². The molecule has 1 aliphatic rings. The molecule has 146 valence electrons. The van der Waals surface area contributed by atoms with Crippen molar-refractivity contribution in [3.05, 3.63) is 59.6 Å². The number of morpholine rings is 1. The first-order valence-corrected chi connectivity index (χ1v) is 9.71. The van der Waals surface area contributed by atoms with Crippen LogP contribution in [0.3, 0.4) is 0 Å². The molecular weight excluding hydrogens is 354 g/mol. The van der Waals surface area contributed by atoms with Crippen LogP contribution in [0.5, 0.6) is 0 Å². The number of anilines is 1. The number of amides is 1. The second kappa shape index (κ2) is 8.02. The lowest BCUT2D eigenvalue weighted by atomic mass is 10.1. The number of hydrogen-bond acceptors (Lipinski definition) is 5. The number of benzene rings is 1. The van der Waals surface area contributed by atoms with Crippen LogP contribution in [-0.4, -0.2) is 49.1 Å². The Bertz CT molecular complexity index is 976. The highest BCUT2D eigenvalue weighted by molar-refractivity contribution is 5.93. The number of aryl methyl sites for hydroxylation is 1. The molecule has 0 N–H and O–H groups in total. The first-order valence-electron chi connectivity index (χ1n) is 9.71. The Morgan fingerprint density at radius 2 is 2.00 bits per heavy atom. The van der Waals surface area contributed by atoms with E-state index in [0.29, 0.717) is 25.5 Å². The zero-order valence-electron chi connectivity index (χ0n) is 16.4. The molecule has 0 spiro atoms. The van der Waals surface area contributed by atoms with Crippen molar-refractivity contribution < 1.29 is 13.9 Å². The fraction of sp³-hybridized carbons (Fsp3) is 0.364. The fourth-order valence-electron chi connectivity index (χ4n) is 3.67. The number of aromatic nitrogens is 1. The summed E-state index contributed by atoms with van der Waals surface area (Å²) in [5.74, 6) is 0.832. The molecule has 1 amide bonds. The number of carbonyl (C=O) groups is 1. The van der Waals surface area contributed by atoms with Crippen LogP contribution < -0.4 is 4.90 Å². The summed E-state index contributed by atoms with van der Waals surface area (Å²) in [6, 6.07) is 11.8. The van der Waals surface area contributed by atoms with E-state index < -0.39 is 0 Å². The third-order valence-corrected chi connectivity index (χ3v) is 5.18. The molecule has 28 heavy (non-hydrogen) atoms. The Morgan fingerprint density at radius 3 is 2.79 bits per heavy atom. The van der Waals surface area contributed by atoms with Crippen LogP contribution in [0.2, 0.25) is 0 Å². The maximum absolute atomic E-state index is 13.0. The number of ether oxygens (including phenoxy) is 1. The highest BCUT2D eigenvalue weighted by Crippen LogP contribution is 2.27. The Balaban J connectivity index is 1.56. The van der Waals surface area contributed by atoms with Crippen LogP contribution in [0.15, 0.2) is 47.0 Å². The first kappa shape index (κ1) is 18.5. The van der Waals surface area contributed by atoms with Crippen molar-refractivity contribution in [2.75, 3.05) is 38.3 Å². The van der Waals surface area contributed by atoms with Gasteiger partial charge in [-0.3, -0.25) is 9.78 Å². The van der Waals surface area contributed by atoms with Crippen molar-refractivity contribution in [2.24, 2.45) is 0 Å². The van der Waals surface area contributed by atoms with E-state index in [1.165, 1.54) is 0 Å². The van der Waals surface area contributed by atoms with Gasteiger partial charge in [-0.2, -0.15) is 0 Å². The molecule has 1 aromatic carbocycles. The van der Waals surface area contributed by atoms with Gasteiger partial charge in [-0.05, 0) is 18.2 Å². The SMILES string of the molecule is CCc1oc2ccccc2c1CN(C)C(=O)c1cc(N2CCOCC2)ccn1. The van der Waals surface area contributed by atoms with Gasteiger partial charge in [-0.1, -0.05) is 25.1 Å². The average Bonchev–Trinajstić information content (AvgIpc) is 3.11. The lowest BCUT2D eigenvalue weighted by Gasteiger charge is -2.29. The number of rotatable bonds is 5. The summed E-state index contributed by atoms with van der Waals surface area (Å²) in [4.78, 5) is 21.3. The minimum absolute atomic E-state index is 0.0950. The topological polar surface area (TPSA) is 58.8 Å². The van der Waals surface area contributed by atoms with Gasteiger partial charge >= 0.3 is 0 Å². The molecule has 0 bridgehead atoms. The van der Waals surface area contributed by atoms with Crippen molar-refractivity contribution in [3.63, 3.8) is 0 Å². The molecule has 3 aromatic rings. The zero-order valence-corrected chi connectivity index (χ0v) is 16.4. The zero-order chi connectivity index (χ0) is 19.5. The predicted octanol–water partition coefficient (Wildman–Crippen LogP) is 3.50. The van der Waals surface area contributed by atoms with Gasteiger partial charge in [0, 0.05) is 55.9 Å². The number of hydrogen-bond donors (Lipinski definition) is 0. The Hall–Kier alpha value is -2.86. The normalized spacial score (nSPS) is 14.4. The average molecular weight is 379 g/mol. The molecule has 1 aliphatic heterocycles. The molecule has 0 unspecified atom stereocenters. The van der Waals surface area contributed by atoms with Crippen molar-refractivity contribution in [1.29, 1.82) is 0 Å². The second-order valence-electron chi connectivity index (χ2n) is 7.01. The van der Waals surface area contributed by atoms with Crippen LogP contribution in [-0.2, 0) is 17.7 Å². The second-order valence-corrected chi connectivity index (χ2v) is 7.01. The summed E-state index contributed by atoms with van der Waals surface area (Å²) in [5.41, 5.74) is 3.40. The minimum atomic E-state index is -0.0950. The van der Waals surface area contributed by atoms with Gasteiger partial charge < -0.3 is 19.0 Å². The molecule has 6 heteroatoms. The molecule has 3 heterocycles. The first-order chi connectivity index (χ1) is 13.7. The van der Waals surface area contributed by atoms with Crippen LogP contribution in [0.25, 0.3) is 11.0 Å². The van der Waals surface area contributed by atoms with Gasteiger partial charge in [0.15, 0.2) is 0 Å². The number of furan rings is 1. The standard InChI is InChI=1S/C22H25N3O3/c1-3-20-18(17-6-4-5-7-21(17)28-20)15-24(2)22(26)19-14-16(8-9-23-19)25-10-12-27-13-11-25/h4-9,14H,3,10-13,15H2,1-2H3. The van der Waals surface area contributed by atoms with Crippen molar-refractivity contribution in [1.82, 2.24) is 9.88 Å². The van der Waals surface area contributed by atoms with Gasteiger partial charge in [0.25, 0.3) is 5.91 Å². The molecule has 1 fully saturated rings. The van der Waals surface area contributed by atoms with Crippen molar-refractivity contribution in [2.45, 2.75) is 19.9 Å². The quantitative estimate of drug-likeness (QED) is 0.679. The number of carbonyl (C=O) groups excluding carboxylic acids is 1. The van der Waals surface area contributed by atoms with E-state index in [0.717, 1.165) is 47.5 Å². The summed E-state index contributed by atoms with van der Waals surface area (Å²) in [7, 11) is 1.81. The molecule has 2 aromatic heterocycles. The molecule has 6 nitrogen and oxygen atoms in total. The third kappa shape index (κ3) is 3.60. The number of fused-ring (bicyclic) bond motifs is 1. The summed E-state index contributed by atoms with van der Waals surface area (Å²) >= 11 is 0. The van der Waals surface area contributed by atoms with E-state index in [9.17, 15) is 4.79 Å². The highest BCUT2D eigenvalue weighted by Gasteiger charge is 2.20. The van der Waals surface area contributed by atoms with E-state index in [4.69, 9.17) is 9.15 Å².